The Bertz CT molecular complexity index is 1060. The second-order valence-corrected chi connectivity index (χ2v) is 8.09. The van der Waals surface area contributed by atoms with Crippen LogP contribution in [0.2, 0.25) is 0 Å². The van der Waals surface area contributed by atoms with Crippen molar-refractivity contribution in [2.75, 3.05) is 21.3 Å². The Hall–Kier alpha value is -3.92. The van der Waals surface area contributed by atoms with E-state index in [4.69, 9.17) is 0 Å². The van der Waals surface area contributed by atoms with Gasteiger partial charge in [0, 0.05) is 0 Å². The number of para-hydroxylation sites is 4. The Morgan fingerprint density at radius 2 is 1.00 bits per heavy atom. The predicted molar refractivity (Wildman–Crippen MR) is 137 cm³/mol. The summed E-state index contributed by atoms with van der Waals surface area (Å²) in [4.78, 5) is 0. The van der Waals surface area contributed by atoms with Crippen LogP contribution in [-0.2, 0) is 0 Å². The molecule has 0 bridgehead atoms. The largest absolute Gasteiger partial charge is 0.373 e. The molecule has 0 aromatic heterocycles. The molecule has 0 saturated carbocycles. The summed E-state index contributed by atoms with van der Waals surface area (Å²) in [6, 6.07) is 16.9. The highest BCUT2D eigenvalue weighted by Gasteiger charge is 2.16. The van der Waals surface area contributed by atoms with Gasteiger partial charge in [-0.25, -0.2) is 0 Å². The van der Waals surface area contributed by atoms with Gasteiger partial charge < -0.3 is 21.3 Å². The zero-order valence-electron chi connectivity index (χ0n) is 18.0. The normalized spacial score (nSPS) is 23.8. The molecule has 0 spiro atoms. The van der Waals surface area contributed by atoms with Gasteiger partial charge in [-0.2, -0.15) is 0 Å². The van der Waals surface area contributed by atoms with Crippen molar-refractivity contribution in [3.8, 4) is 0 Å². The summed E-state index contributed by atoms with van der Waals surface area (Å²) in [5, 5.41) is 14.4. The van der Waals surface area contributed by atoms with Gasteiger partial charge in [0.15, 0.2) is 0 Å². The van der Waals surface area contributed by atoms with Gasteiger partial charge >= 0.3 is 0 Å². The summed E-state index contributed by atoms with van der Waals surface area (Å²) in [7, 11) is 0. The molecule has 0 amide bonds. The van der Waals surface area contributed by atoms with Crippen molar-refractivity contribution in [3.63, 3.8) is 0 Å². The summed E-state index contributed by atoms with van der Waals surface area (Å²) in [5.41, 5.74) is 6.93. The van der Waals surface area contributed by atoms with Gasteiger partial charge in [0.05, 0.1) is 34.8 Å². The molecule has 2 unspecified atom stereocenters. The first-order chi connectivity index (χ1) is 15.9. The lowest BCUT2D eigenvalue weighted by molar-refractivity contribution is 0.975. The van der Waals surface area contributed by atoms with Crippen LogP contribution in [0.3, 0.4) is 0 Å². The van der Waals surface area contributed by atoms with Gasteiger partial charge in [0.25, 0.3) is 0 Å². The van der Waals surface area contributed by atoms with Crippen molar-refractivity contribution in [2.45, 2.75) is 24.9 Å². The number of anilines is 4. The molecule has 4 N–H and O–H groups in total. The minimum atomic E-state index is 0.0926. The van der Waals surface area contributed by atoms with E-state index < -0.39 is 0 Å². The summed E-state index contributed by atoms with van der Waals surface area (Å²) in [6.07, 6.45) is 23.4. The van der Waals surface area contributed by atoms with Crippen LogP contribution in [0.25, 0.3) is 0 Å². The Morgan fingerprint density at radius 3 is 1.41 bits per heavy atom. The van der Waals surface area contributed by atoms with Crippen molar-refractivity contribution in [3.05, 3.63) is 121 Å². The fourth-order valence-electron chi connectivity index (χ4n) is 4.19. The van der Waals surface area contributed by atoms with Gasteiger partial charge in [0.1, 0.15) is 0 Å². The molecule has 4 nitrogen and oxygen atoms in total. The third-order valence-electron chi connectivity index (χ3n) is 5.93. The zero-order valence-corrected chi connectivity index (χ0v) is 18.0. The van der Waals surface area contributed by atoms with E-state index in [1.807, 2.05) is 12.4 Å². The van der Waals surface area contributed by atoms with E-state index in [1.165, 1.54) is 11.1 Å². The number of rotatable bonds is 2. The minimum Gasteiger partial charge on any atom is -0.373 e. The number of hydrogen-bond donors (Lipinski definition) is 4. The number of allylic oxidation sites excluding steroid dienone is 6. The molecule has 0 radical (unpaired) electrons. The first kappa shape index (κ1) is 20.0. The first-order valence-electron chi connectivity index (χ1n) is 11.2. The summed E-state index contributed by atoms with van der Waals surface area (Å²) in [6.45, 7) is 0. The number of hydrogen-bond acceptors (Lipinski definition) is 4. The Morgan fingerprint density at radius 1 is 0.562 bits per heavy atom. The molecule has 2 atom stereocenters. The number of fused-ring (bicyclic) bond motifs is 2. The number of nitrogens with one attached hydrogen (secondary N) is 4. The third-order valence-corrected chi connectivity index (χ3v) is 5.93. The quantitative estimate of drug-likeness (QED) is 0.443. The minimum absolute atomic E-state index is 0.0926. The van der Waals surface area contributed by atoms with Crippen molar-refractivity contribution in [2.24, 2.45) is 0 Å². The molecule has 2 aromatic rings. The van der Waals surface area contributed by atoms with Crippen LogP contribution < -0.4 is 21.3 Å². The Labute approximate surface area is 189 Å². The monoisotopic (exact) mass is 420 g/mol. The number of benzene rings is 2. The van der Waals surface area contributed by atoms with E-state index in [0.717, 1.165) is 35.6 Å². The summed E-state index contributed by atoms with van der Waals surface area (Å²) >= 11 is 0. The maximum atomic E-state index is 3.72. The van der Waals surface area contributed by atoms with Crippen molar-refractivity contribution in [1.82, 2.24) is 0 Å². The van der Waals surface area contributed by atoms with Crippen molar-refractivity contribution >= 4 is 22.7 Å². The fourth-order valence-corrected chi connectivity index (χ4v) is 4.19. The highest BCUT2D eigenvalue weighted by Crippen LogP contribution is 2.29. The Kier molecular flexibility index (Phi) is 5.93. The Balaban J connectivity index is 1.51. The topological polar surface area (TPSA) is 48.1 Å². The third kappa shape index (κ3) is 4.54. The molecule has 0 saturated heterocycles. The van der Waals surface area contributed by atoms with Gasteiger partial charge in [-0.15, -0.1) is 0 Å². The molecule has 32 heavy (non-hydrogen) atoms. The molecule has 5 rings (SSSR count). The standard InChI is InChI=1S/C28H28N4/c1-2-10-21(9-1)23-17-19-29-26-14-6-8-16-28(26)32-24(22-11-3-4-12-22)18-20-30-25-13-5-7-15-27(25)31-23/h1-9,11,13-20,23-24,29-32H,10,12H2/b19-17-,20-18-. The maximum absolute atomic E-state index is 3.72. The van der Waals surface area contributed by atoms with E-state index >= 15 is 0 Å². The second-order valence-electron chi connectivity index (χ2n) is 8.09. The van der Waals surface area contributed by atoms with Gasteiger partial charge in [-0.1, -0.05) is 60.7 Å². The lowest BCUT2D eigenvalue weighted by Crippen LogP contribution is -2.21. The lowest BCUT2D eigenvalue weighted by Gasteiger charge is -2.23. The molecule has 1 aliphatic heterocycles. The zero-order chi connectivity index (χ0) is 21.6. The molecule has 160 valence electrons. The molecule has 2 aliphatic carbocycles. The molecule has 3 aliphatic rings. The van der Waals surface area contributed by atoms with Crippen LogP contribution in [-0.4, -0.2) is 12.1 Å². The smallest absolute Gasteiger partial charge is 0.0681 e. The molecule has 1 heterocycles. The highest BCUT2D eigenvalue weighted by molar-refractivity contribution is 5.73. The molecule has 0 fully saturated rings. The van der Waals surface area contributed by atoms with Gasteiger partial charge in [-0.05, 0) is 72.8 Å². The summed E-state index contributed by atoms with van der Waals surface area (Å²) in [5.74, 6) is 0. The second kappa shape index (κ2) is 9.48. The van der Waals surface area contributed by atoms with Gasteiger partial charge in [0.2, 0.25) is 0 Å². The lowest BCUT2D eigenvalue weighted by atomic mass is 10.0. The van der Waals surface area contributed by atoms with E-state index in [2.05, 4.69) is 118 Å². The van der Waals surface area contributed by atoms with Crippen LogP contribution in [0.1, 0.15) is 12.8 Å². The molecule has 4 heteroatoms. The van der Waals surface area contributed by atoms with E-state index in [-0.39, 0.29) is 12.1 Å². The summed E-state index contributed by atoms with van der Waals surface area (Å²) < 4.78 is 0. The molecular weight excluding hydrogens is 392 g/mol. The molecule has 2 aromatic carbocycles. The van der Waals surface area contributed by atoms with Crippen LogP contribution in [0.15, 0.2) is 121 Å². The first-order valence-corrected chi connectivity index (χ1v) is 11.2. The van der Waals surface area contributed by atoms with Crippen LogP contribution in [0, 0.1) is 0 Å². The maximum Gasteiger partial charge on any atom is 0.0681 e. The fraction of sp³-hybridized carbons (Fsp3) is 0.143. The average Bonchev–Trinajstić information content (AvgIpc) is 3.54. The highest BCUT2D eigenvalue weighted by atomic mass is 15.0. The predicted octanol–water partition coefficient (Wildman–Crippen LogP) is 6.59. The van der Waals surface area contributed by atoms with Crippen LogP contribution in [0.5, 0.6) is 0 Å². The molecular formula is C28H28N4. The van der Waals surface area contributed by atoms with Gasteiger partial charge in [-0.3, -0.25) is 0 Å². The SMILES string of the molecule is C1=CCC(C2/C=C\Nc3ccccc3NC(C3=CC=CC3)/C=C\Nc3ccccc3N2)=C1. The van der Waals surface area contributed by atoms with Crippen LogP contribution >= 0.6 is 0 Å². The van der Waals surface area contributed by atoms with E-state index in [9.17, 15) is 0 Å². The van der Waals surface area contributed by atoms with E-state index in [0.29, 0.717) is 0 Å². The van der Waals surface area contributed by atoms with Crippen molar-refractivity contribution < 1.29 is 0 Å². The van der Waals surface area contributed by atoms with E-state index in [1.54, 1.807) is 0 Å². The van der Waals surface area contributed by atoms with Crippen LogP contribution in [0.4, 0.5) is 22.7 Å². The van der Waals surface area contributed by atoms with Crippen molar-refractivity contribution in [1.29, 1.82) is 0 Å². The average molecular weight is 421 g/mol.